The number of hydrogen-bond donors (Lipinski definition) is 2. The Morgan fingerprint density at radius 3 is 2.60 bits per heavy atom. The largest absolute Gasteiger partial charge is 0.312 e. The van der Waals surface area contributed by atoms with E-state index in [9.17, 15) is 0 Å². The summed E-state index contributed by atoms with van der Waals surface area (Å²) in [7, 11) is 0. The van der Waals surface area contributed by atoms with Crippen LogP contribution in [-0.2, 0) is 13.1 Å². The summed E-state index contributed by atoms with van der Waals surface area (Å²) in [6.07, 6.45) is 0. The summed E-state index contributed by atoms with van der Waals surface area (Å²) in [4.78, 5) is 0. The summed E-state index contributed by atoms with van der Waals surface area (Å²) in [5.41, 5.74) is 5.84. The minimum atomic E-state index is 0.542. The number of hydrogen-bond acceptors (Lipinski definition) is 3. The van der Waals surface area contributed by atoms with Gasteiger partial charge in [0, 0.05) is 30.0 Å². The highest BCUT2D eigenvalue weighted by molar-refractivity contribution is 5.22. The molecule has 2 aromatic rings. The Morgan fingerprint density at radius 1 is 1.30 bits per heavy atom. The van der Waals surface area contributed by atoms with Gasteiger partial charge in [0.15, 0.2) is 0 Å². The molecule has 1 atom stereocenters. The fourth-order valence-electron chi connectivity index (χ4n) is 2.50. The summed E-state index contributed by atoms with van der Waals surface area (Å²) < 4.78 is 2.09. The van der Waals surface area contributed by atoms with E-state index in [4.69, 9.17) is 0 Å². The monoisotopic (exact) mass is 275 g/mol. The van der Waals surface area contributed by atoms with Crippen molar-refractivity contribution in [1.29, 1.82) is 0 Å². The lowest BCUT2D eigenvalue weighted by Gasteiger charge is -2.14. The van der Waals surface area contributed by atoms with E-state index in [-0.39, 0.29) is 0 Å². The van der Waals surface area contributed by atoms with E-state index in [0.29, 0.717) is 5.92 Å². The van der Waals surface area contributed by atoms with Gasteiger partial charge in [-0.15, -0.1) is 0 Å². The van der Waals surface area contributed by atoms with Crippen molar-refractivity contribution >= 4 is 0 Å². The zero-order chi connectivity index (χ0) is 14.7. The summed E-state index contributed by atoms with van der Waals surface area (Å²) in [5, 5.41) is 15.3. The first-order valence-corrected chi connectivity index (χ1v) is 7.19. The Hall–Kier alpha value is -1.62. The molecule has 5 heteroatoms. The summed E-state index contributed by atoms with van der Waals surface area (Å²) in [6.45, 7) is 13.3. The maximum absolute atomic E-state index is 4.51. The molecule has 2 rings (SSSR count). The molecule has 2 N–H and O–H groups in total. The molecule has 0 aliphatic heterocycles. The molecule has 0 aliphatic rings. The van der Waals surface area contributed by atoms with Crippen LogP contribution in [0.3, 0.4) is 0 Å². The van der Waals surface area contributed by atoms with Gasteiger partial charge in [0.05, 0.1) is 11.4 Å². The molecule has 5 nitrogen and oxygen atoms in total. The standard InChI is InChI=1S/C15H25N5/c1-10(9-20-12(3)6-11(2)19-20)7-16-8-15-13(4)17-18-14(15)5/h6,10,16H,7-9H2,1-5H3,(H,17,18)/t10-/m0/s1. The van der Waals surface area contributed by atoms with Crippen LogP contribution in [0.2, 0.25) is 0 Å². The second-order valence-corrected chi connectivity index (χ2v) is 5.76. The molecule has 2 heterocycles. The molecular formula is C15H25N5. The van der Waals surface area contributed by atoms with Crippen LogP contribution < -0.4 is 5.32 Å². The lowest BCUT2D eigenvalue weighted by atomic mass is 10.1. The Kier molecular flexibility index (Phi) is 4.60. The van der Waals surface area contributed by atoms with E-state index in [1.807, 2.05) is 13.8 Å². The molecule has 0 saturated heterocycles. The van der Waals surface area contributed by atoms with Gasteiger partial charge in [-0.1, -0.05) is 6.92 Å². The number of rotatable bonds is 6. The molecule has 0 spiro atoms. The normalized spacial score (nSPS) is 12.8. The van der Waals surface area contributed by atoms with Gasteiger partial charge in [0.1, 0.15) is 0 Å². The maximum atomic E-state index is 4.51. The minimum Gasteiger partial charge on any atom is -0.312 e. The van der Waals surface area contributed by atoms with Crippen molar-refractivity contribution in [2.75, 3.05) is 6.54 Å². The highest BCUT2D eigenvalue weighted by atomic mass is 15.3. The molecule has 0 unspecified atom stereocenters. The topological polar surface area (TPSA) is 58.5 Å². The van der Waals surface area contributed by atoms with E-state index in [2.05, 4.69) is 52.1 Å². The van der Waals surface area contributed by atoms with Crippen LogP contribution in [0.15, 0.2) is 6.07 Å². The smallest absolute Gasteiger partial charge is 0.0638 e. The van der Waals surface area contributed by atoms with E-state index < -0.39 is 0 Å². The number of aryl methyl sites for hydroxylation is 4. The summed E-state index contributed by atoms with van der Waals surface area (Å²) in [6, 6.07) is 2.12. The molecule has 0 aliphatic carbocycles. The summed E-state index contributed by atoms with van der Waals surface area (Å²) in [5.74, 6) is 0.542. The number of nitrogens with zero attached hydrogens (tertiary/aromatic N) is 3. The van der Waals surface area contributed by atoms with Gasteiger partial charge in [0.2, 0.25) is 0 Å². The molecule has 0 saturated carbocycles. The van der Waals surface area contributed by atoms with Gasteiger partial charge < -0.3 is 5.32 Å². The molecule has 20 heavy (non-hydrogen) atoms. The molecule has 0 radical (unpaired) electrons. The Balaban J connectivity index is 1.81. The average Bonchev–Trinajstić information content (AvgIpc) is 2.85. The van der Waals surface area contributed by atoms with Gasteiger partial charge in [-0.2, -0.15) is 10.2 Å². The zero-order valence-corrected chi connectivity index (χ0v) is 13.1. The SMILES string of the molecule is Cc1cc(C)n(C[C@@H](C)CNCc2c(C)n[nH]c2C)n1. The fraction of sp³-hybridized carbons (Fsp3) is 0.600. The predicted molar refractivity (Wildman–Crippen MR) is 80.6 cm³/mol. The fourth-order valence-corrected chi connectivity index (χ4v) is 2.50. The second kappa shape index (κ2) is 6.22. The number of aromatic nitrogens is 4. The predicted octanol–water partition coefficient (Wildman–Crippen LogP) is 2.27. The molecule has 110 valence electrons. The highest BCUT2D eigenvalue weighted by Gasteiger charge is 2.09. The first-order chi connectivity index (χ1) is 9.47. The first kappa shape index (κ1) is 14.8. The van der Waals surface area contributed by atoms with Crippen LogP contribution in [-0.4, -0.2) is 26.5 Å². The van der Waals surface area contributed by atoms with Gasteiger partial charge in [0.25, 0.3) is 0 Å². The van der Waals surface area contributed by atoms with Crippen molar-refractivity contribution in [3.05, 3.63) is 34.4 Å². The lowest BCUT2D eigenvalue weighted by Crippen LogP contribution is -2.25. The Bertz CT molecular complexity index is 547. The van der Waals surface area contributed by atoms with Crippen LogP contribution in [0.1, 0.15) is 35.3 Å². The van der Waals surface area contributed by atoms with Crippen LogP contribution in [0.25, 0.3) is 0 Å². The number of H-pyrrole nitrogens is 1. The third kappa shape index (κ3) is 3.48. The van der Waals surface area contributed by atoms with Crippen molar-refractivity contribution < 1.29 is 0 Å². The molecule has 0 bridgehead atoms. The van der Waals surface area contributed by atoms with E-state index in [1.165, 1.54) is 11.3 Å². The molecule has 2 aromatic heterocycles. The van der Waals surface area contributed by atoms with E-state index in [0.717, 1.165) is 36.7 Å². The van der Waals surface area contributed by atoms with Crippen LogP contribution in [0.5, 0.6) is 0 Å². The van der Waals surface area contributed by atoms with Crippen molar-refractivity contribution in [3.63, 3.8) is 0 Å². The molecule has 0 aromatic carbocycles. The number of aromatic amines is 1. The third-order valence-electron chi connectivity index (χ3n) is 3.66. The van der Waals surface area contributed by atoms with Gasteiger partial charge >= 0.3 is 0 Å². The third-order valence-corrected chi connectivity index (χ3v) is 3.66. The van der Waals surface area contributed by atoms with Crippen molar-refractivity contribution in [2.45, 2.75) is 47.7 Å². The van der Waals surface area contributed by atoms with Gasteiger partial charge in [-0.3, -0.25) is 9.78 Å². The Labute approximate surface area is 120 Å². The number of nitrogens with one attached hydrogen (secondary N) is 2. The van der Waals surface area contributed by atoms with Gasteiger partial charge in [-0.25, -0.2) is 0 Å². The molecular weight excluding hydrogens is 250 g/mol. The quantitative estimate of drug-likeness (QED) is 0.850. The Morgan fingerprint density at radius 2 is 2.05 bits per heavy atom. The van der Waals surface area contributed by atoms with Crippen molar-refractivity contribution in [1.82, 2.24) is 25.3 Å². The van der Waals surface area contributed by atoms with E-state index in [1.54, 1.807) is 0 Å². The van der Waals surface area contributed by atoms with Crippen molar-refractivity contribution in [2.24, 2.45) is 5.92 Å². The van der Waals surface area contributed by atoms with Crippen LogP contribution in [0, 0.1) is 33.6 Å². The first-order valence-electron chi connectivity index (χ1n) is 7.19. The maximum Gasteiger partial charge on any atom is 0.0638 e. The zero-order valence-electron chi connectivity index (χ0n) is 13.1. The van der Waals surface area contributed by atoms with Crippen molar-refractivity contribution in [3.8, 4) is 0 Å². The average molecular weight is 275 g/mol. The van der Waals surface area contributed by atoms with Crippen LogP contribution in [0.4, 0.5) is 0 Å². The van der Waals surface area contributed by atoms with Gasteiger partial charge in [-0.05, 0) is 46.2 Å². The second-order valence-electron chi connectivity index (χ2n) is 5.76. The van der Waals surface area contributed by atoms with Crippen LogP contribution >= 0.6 is 0 Å². The minimum absolute atomic E-state index is 0.542. The van der Waals surface area contributed by atoms with E-state index >= 15 is 0 Å². The lowest BCUT2D eigenvalue weighted by molar-refractivity contribution is 0.415. The summed E-state index contributed by atoms with van der Waals surface area (Å²) >= 11 is 0. The molecule has 0 amide bonds. The highest BCUT2D eigenvalue weighted by Crippen LogP contribution is 2.09. The molecule has 0 fully saturated rings.